The summed E-state index contributed by atoms with van der Waals surface area (Å²) in [7, 11) is -4.43. The van der Waals surface area contributed by atoms with Crippen molar-refractivity contribution in [3.63, 3.8) is 0 Å². The highest BCUT2D eigenvalue weighted by atomic mass is 31.2. The molecule has 2 heterocycles. The van der Waals surface area contributed by atoms with Gasteiger partial charge in [0.2, 0.25) is 0 Å². The molecule has 0 saturated carbocycles. The van der Waals surface area contributed by atoms with E-state index in [4.69, 9.17) is 24.8 Å². The Labute approximate surface area is 128 Å². The van der Waals surface area contributed by atoms with Crippen molar-refractivity contribution in [3.05, 3.63) is 43.0 Å². The van der Waals surface area contributed by atoms with E-state index in [0.29, 0.717) is 0 Å². The summed E-state index contributed by atoms with van der Waals surface area (Å²) in [5.41, 5.74) is 7.56. The third-order valence-electron chi connectivity index (χ3n) is 3.11. The zero-order valence-corrected chi connectivity index (χ0v) is 12.8. The number of aromatic nitrogens is 2. The monoisotopic (exact) mass is 347 g/mol. The van der Waals surface area contributed by atoms with Gasteiger partial charge in [-0.05, 0) is 12.5 Å². The highest BCUT2D eigenvalue weighted by Gasteiger charge is 2.38. The van der Waals surface area contributed by atoms with Crippen LogP contribution in [0.4, 0.5) is 0 Å². The van der Waals surface area contributed by atoms with Crippen molar-refractivity contribution in [2.45, 2.75) is 31.9 Å². The van der Waals surface area contributed by atoms with Gasteiger partial charge in [-0.2, -0.15) is 0 Å². The fourth-order valence-corrected chi connectivity index (χ4v) is 2.43. The van der Waals surface area contributed by atoms with E-state index in [9.17, 15) is 14.2 Å². The third-order valence-corrected chi connectivity index (χ3v) is 3.60. The molecule has 1 fully saturated rings. The Morgan fingerprint density at radius 2 is 2.30 bits per heavy atom. The van der Waals surface area contributed by atoms with Crippen LogP contribution in [-0.4, -0.2) is 38.0 Å². The average Bonchev–Trinajstić information content (AvgIpc) is 2.83. The molecule has 2 rings (SSSR count). The standard InChI is InChI=1S/C10H14N5O7P/c1-5-3-15(10(17)12-8(5)16)7-2-6(13-14-11)9(22-7)21-4-23(18,19)20/h3,6-7,9H,2,4H2,1H3,(H,12,16,17)(H2,18,19,20)/t6?,7-,9+/m1/s1. The molecule has 0 aliphatic carbocycles. The molecule has 126 valence electrons. The molecule has 1 aliphatic heterocycles. The lowest BCUT2D eigenvalue weighted by molar-refractivity contribution is -0.146. The van der Waals surface area contributed by atoms with Gasteiger partial charge in [0.05, 0.1) is 6.04 Å². The van der Waals surface area contributed by atoms with Crippen molar-refractivity contribution in [1.82, 2.24) is 9.55 Å². The Bertz CT molecular complexity index is 792. The van der Waals surface area contributed by atoms with E-state index in [0.717, 1.165) is 4.57 Å². The number of nitrogens with one attached hydrogen (secondary N) is 1. The molecule has 0 bridgehead atoms. The van der Waals surface area contributed by atoms with E-state index in [2.05, 4.69) is 15.0 Å². The second-order valence-corrected chi connectivity index (χ2v) is 6.49. The van der Waals surface area contributed by atoms with Gasteiger partial charge in [0, 0.05) is 23.1 Å². The highest BCUT2D eigenvalue weighted by molar-refractivity contribution is 7.51. The molecule has 1 aromatic heterocycles. The molecule has 1 unspecified atom stereocenters. The molecular formula is C10H14N5O7P. The molecule has 0 aromatic carbocycles. The summed E-state index contributed by atoms with van der Waals surface area (Å²) in [6, 6.07) is -0.879. The van der Waals surface area contributed by atoms with Crippen LogP contribution in [0.3, 0.4) is 0 Å². The maximum Gasteiger partial charge on any atom is 0.351 e. The van der Waals surface area contributed by atoms with Gasteiger partial charge in [0.15, 0.2) is 12.6 Å². The van der Waals surface area contributed by atoms with Crippen molar-refractivity contribution < 1.29 is 23.8 Å². The summed E-state index contributed by atoms with van der Waals surface area (Å²) in [6.07, 6.45) is -1.72. The highest BCUT2D eigenvalue weighted by Crippen LogP contribution is 2.37. The lowest BCUT2D eigenvalue weighted by Gasteiger charge is -2.17. The number of hydrogen-bond acceptors (Lipinski definition) is 6. The average molecular weight is 347 g/mol. The van der Waals surface area contributed by atoms with Gasteiger partial charge in [-0.1, -0.05) is 5.11 Å². The first-order chi connectivity index (χ1) is 10.7. The fraction of sp³-hybridized carbons (Fsp3) is 0.600. The molecule has 23 heavy (non-hydrogen) atoms. The minimum absolute atomic E-state index is 0.0429. The van der Waals surface area contributed by atoms with E-state index >= 15 is 0 Å². The zero-order chi connectivity index (χ0) is 17.2. The van der Waals surface area contributed by atoms with Crippen LogP contribution in [0, 0.1) is 6.92 Å². The van der Waals surface area contributed by atoms with Crippen molar-refractivity contribution >= 4 is 7.60 Å². The molecule has 12 nitrogen and oxygen atoms in total. The maximum atomic E-state index is 11.8. The van der Waals surface area contributed by atoms with Crippen molar-refractivity contribution in [2.75, 3.05) is 6.35 Å². The molecule has 0 radical (unpaired) electrons. The van der Waals surface area contributed by atoms with Gasteiger partial charge in [-0.3, -0.25) is 18.9 Å². The van der Waals surface area contributed by atoms with Gasteiger partial charge in [-0.25, -0.2) is 4.79 Å². The van der Waals surface area contributed by atoms with Crippen LogP contribution in [-0.2, 0) is 14.0 Å². The summed E-state index contributed by atoms with van der Waals surface area (Å²) in [4.78, 5) is 45.6. The largest absolute Gasteiger partial charge is 0.351 e. The second kappa shape index (κ2) is 6.67. The van der Waals surface area contributed by atoms with Crippen LogP contribution in [0.25, 0.3) is 10.4 Å². The van der Waals surface area contributed by atoms with Crippen molar-refractivity contribution in [2.24, 2.45) is 5.11 Å². The molecule has 0 spiro atoms. The molecule has 0 amide bonds. The van der Waals surface area contributed by atoms with E-state index < -0.39 is 43.8 Å². The number of azide groups is 1. The molecular weight excluding hydrogens is 333 g/mol. The SMILES string of the molecule is Cc1cn([C@H]2CC(N=[N+]=[N-])[C@@H](OCP(=O)(O)O)O2)c(=O)[nH]c1=O. The normalized spacial score (nSPS) is 24.4. The van der Waals surface area contributed by atoms with Gasteiger partial charge < -0.3 is 19.3 Å². The predicted octanol–water partition coefficient (Wildman–Crippen LogP) is -0.0793. The molecule has 13 heteroatoms. The zero-order valence-electron chi connectivity index (χ0n) is 11.9. The number of nitrogens with zero attached hydrogens (tertiary/aromatic N) is 4. The number of H-pyrrole nitrogens is 1. The number of aryl methyl sites for hydroxylation is 1. The maximum absolute atomic E-state index is 11.8. The van der Waals surface area contributed by atoms with Gasteiger partial charge in [-0.15, -0.1) is 0 Å². The molecule has 1 aliphatic rings. The molecule has 3 N–H and O–H groups in total. The fourth-order valence-electron chi connectivity index (χ4n) is 2.09. The lowest BCUT2D eigenvalue weighted by Crippen LogP contribution is -2.33. The molecule has 1 saturated heterocycles. The number of ether oxygens (including phenoxy) is 2. The Morgan fingerprint density at radius 1 is 1.61 bits per heavy atom. The smallest absolute Gasteiger partial charge is 0.339 e. The van der Waals surface area contributed by atoms with Gasteiger partial charge in [0.25, 0.3) is 5.56 Å². The minimum atomic E-state index is -4.43. The van der Waals surface area contributed by atoms with Gasteiger partial charge in [0.1, 0.15) is 6.23 Å². The first kappa shape index (κ1) is 17.4. The number of rotatable bonds is 5. The van der Waals surface area contributed by atoms with E-state index in [1.165, 1.54) is 13.1 Å². The Kier molecular flexibility index (Phi) is 5.05. The topological polar surface area (TPSA) is 180 Å². The van der Waals surface area contributed by atoms with Crippen molar-refractivity contribution in [1.29, 1.82) is 0 Å². The molecule has 1 aromatic rings. The first-order valence-electron chi connectivity index (χ1n) is 6.39. The Morgan fingerprint density at radius 3 is 2.91 bits per heavy atom. The quantitative estimate of drug-likeness (QED) is 0.288. The van der Waals surface area contributed by atoms with Crippen LogP contribution in [0.2, 0.25) is 0 Å². The first-order valence-corrected chi connectivity index (χ1v) is 8.19. The van der Waals surface area contributed by atoms with Crippen LogP contribution < -0.4 is 11.2 Å². The lowest BCUT2D eigenvalue weighted by atomic mass is 10.2. The van der Waals surface area contributed by atoms with Crippen LogP contribution >= 0.6 is 7.60 Å². The van der Waals surface area contributed by atoms with Crippen LogP contribution in [0.5, 0.6) is 0 Å². The van der Waals surface area contributed by atoms with E-state index in [1.54, 1.807) is 0 Å². The van der Waals surface area contributed by atoms with Crippen LogP contribution in [0.1, 0.15) is 18.2 Å². The Hall–Kier alpha value is -1.94. The number of hydrogen-bond donors (Lipinski definition) is 3. The summed E-state index contributed by atoms with van der Waals surface area (Å²) in [5.74, 6) is 0. The minimum Gasteiger partial charge on any atom is -0.339 e. The second-order valence-electron chi connectivity index (χ2n) is 4.91. The van der Waals surface area contributed by atoms with E-state index in [1.807, 2.05) is 0 Å². The van der Waals surface area contributed by atoms with Crippen molar-refractivity contribution in [3.8, 4) is 0 Å². The van der Waals surface area contributed by atoms with Gasteiger partial charge >= 0.3 is 13.3 Å². The third kappa shape index (κ3) is 4.29. The summed E-state index contributed by atoms with van der Waals surface area (Å²) in [5, 5.41) is 3.44. The summed E-state index contributed by atoms with van der Waals surface area (Å²) >= 11 is 0. The summed E-state index contributed by atoms with van der Waals surface area (Å²) in [6.45, 7) is 1.50. The Balaban J connectivity index is 2.24. The summed E-state index contributed by atoms with van der Waals surface area (Å²) < 4.78 is 22.3. The predicted molar refractivity (Wildman–Crippen MR) is 75.5 cm³/mol. The molecule has 3 atom stereocenters. The number of aromatic amines is 1. The van der Waals surface area contributed by atoms with Crippen LogP contribution in [0.15, 0.2) is 20.9 Å². The van der Waals surface area contributed by atoms with E-state index in [-0.39, 0.29) is 12.0 Å².